The van der Waals surface area contributed by atoms with Gasteiger partial charge in [0.25, 0.3) is 0 Å². The Morgan fingerprint density at radius 1 is 0.920 bits per heavy atom. The highest BCUT2D eigenvalue weighted by Gasteiger charge is 2.34. The predicted molar refractivity (Wildman–Crippen MR) is 83.7 cm³/mol. The molecule has 25 heavy (non-hydrogen) atoms. The maximum absolute atomic E-state index is 12.6. The standard InChI is InChI=1S/C18H23F3O4/c1-2-3-12-8-22-17(23-9-12)14-10-24-16(25-11-14)13-4-6-15(7-5-13)18(19,20)21/h4-7,12,14,16-17H,2-3,8-11H2,1H3/t12-,14-,16-,17-. The molecule has 140 valence electrons. The molecular weight excluding hydrogens is 337 g/mol. The first kappa shape index (κ1) is 18.6. The van der Waals surface area contributed by atoms with Crippen molar-refractivity contribution in [2.45, 2.75) is 38.5 Å². The first-order valence-electron chi connectivity index (χ1n) is 8.61. The molecular formula is C18H23F3O4. The molecule has 2 aliphatic rings. The second-order valence-corrected chi connectivity index (χ2v) is 6.57. The molecule has 4 nitrogen and oxygen atoms in total. The summed E-state index contributed by atoms with van der Waals surface area (Å²) in [4.78, 5) is 0. The SMILES string of the molecule is CCC[C@H]1CO[C@H]([C@H]2CO[C@H](c3ccc(C(F)(F)F)cc3)OC2)OC1. The van der Waals surface area contributed by atoms with Gasteiger partial charge in [-0.2, -0.15) is 13.2 Å². The van der Waals surface area contributed by atoms with Gasteiger partial charge in [0.2, 0.25) is 0 Å². The van der Waals surface area contributed by atoms with Gasteiger partial charge in [-0.05, 0) is 18.6 Å². The van der Waals surface area contributed by atoms with Gasteiger partial charge < -0.3 is 18.9 Å². The van der Waals surface area contributed by atoms with Gasteiger partial charge in [0.15, 0.2) is 12.6 Å². The maximum atomic E-state index is 12.6. The molecule has 0 unspecified atom stereocenters. The van der Waals surface area contributed by atoms with Crippen molar-refractivity contribution in [2.24, 2.45) is 11.8 Å². The van der Waals surface area contributed by atoms with Gasteiger partial charge in [-0.1, -0.05) is 25.5 Å². The third kappa shape index (κ3) is 4.73. The fourth-order valence-electron chi connectivity index (χ4n) is 3.10. The fourth-order valence-corrected chi connectivity index (χ4v) is 3.10. The number of hydrogen-bond donors (Lipinski definition) is 0. The summed E-state index contributed by atoms with van der Waals surface area (Å²) >= 11 is 0. The molecule has 0 amide bonds. The summed E-state index contributed by atoms with van der Waals surface area (Å²) in [6, 6.07) is 4.85. The van der Waals surface area contributed by atoms with Crippen LogP contribution in [-0.4, -0.2) is 32.7 Å². The molecule has 3 rings (SSSR count). The molecule has 2 heterocycles. The lowest BCUT2D eigenvalue weighted by atomic mass is 10.0. The van der Waals surface area contributed by atoms with E-state index in [0.29, 0.717) is 37.9 Å². The van der Waals surface area contributed by atoms with E-state index in [1.807, 2.05) is 0 Å². The Kier molecular flexibility index (Phi) is 5.99. The topological polar surface area (TPSA) is 36.9 Å². The van der Waals surface area contributed by atoms with Crippen LogP contribution in [0.4, 0.5) is 13.2 Å². The van der Waals surface area contributed by atoms with Crippen molar-refractivity contribution < 1.29 is 32.1 Å². The smallest absolute Gasteiger partial charge is 0.352 e. The van der Waals surface area contributed by atoms with Crippen LogP contribution in [0.5, 0.6) is 0 Å². The van der Waals surface area contributed by atoms with E-state index >= 15 is 0 Å². The zero-order valence-electron chi connectivity index (χ0n) is 14.1. The van der Waals surface area contributed by atoms with Crippen molar-refractivity contribution in [3.8, 4) is 0 Å². The van der Waals surface area contributed by atoms with E-state index in [-0.39, 0.29) is 12.2 Å². The third-order valence-corrected chi connectivity index (χ3v) is 4.51. The van der Waals surface area contributed by atoms with E-state index in [2.05, 4.69) is 6.92 Å². The molecule has 7 heteroatoms. The molecule has 0 spiro atoms. The van der Waals surface area contributed by atoms with E-state index < -0.39 is 18.0 Å². The summed E-state index contributed by atoms with van der Waals surface area (Å²) in [7, 11) is 0. The Morgan fingerprint density at radius 2 is 1.52 bits per heavy atom. The molecule has 0 aromatic heterocycles. The van der Waals surface area contributed by atoms with Crippen LogP contribution in [0.3, 0.4) is 0 Å². The van der Waals surface area contributed by atoms with E-state index in [0.717, 1.165) is 25.0 Å². The third-order valence-electron chi connectivity index (χ3n) is 4.51. The largest absolute Gasteiger partial charge is 0.416 e. The van der Waals surface area contributed by atoms with Crippen LogP contribution < -0.4 is 0 Å². The zero-order chi connectivity index (χ0) is 17.9. The Balaban J connectivity index is 1.49. The quantitative estimate of drug-likeness (QED) is 0.808. The van der Waals surface area contributed by atoms with Gasteiger partial charge in [-0.15, -0.1) is 0 Å². The van der Waals surface area contributed by atoms with E-state index in [1.54, 1.807) is 0 Å². The van der Waals surface area contributed by atoms with E-state index in [4.69, 9.17) is 18.9 Å². The molecule has 2 fully saturated rings. The number of hydrogen-bond acceptors (Lipinski definition) is 4. The van der Waals surface area contributed by atoms with Gasteiger partial charge >= 0.3 is 6.18 Å². The van der Waals surface area contributed by atoms with Gasteiger partial charge in [0.1, 0.15) is 0 Å². The highest BCUT2D eigenvalue weighted by molar-refractivity contribution is 5.25. The predicted octanol–water partition coefficient (Wildman–Crippen LogP) is 4.16. The lowest BCUT2D eigenvalue weighted by Gasteiger charge is -2.37. The summed E-state index contributed by atoms with van der Waals surface area (Å²) < 4.78 is 60.7. The van der Waals surface area contributed by atoms with Crippen molar-refractivity contribution in [1.82, 2.24) is 0 Å². The average Bonchev–Trinajstić information content (AvgIpc) is 2.62. The normalized spacial score (nSPS) is 31.0. The Labute approximate surface area is 145 Å². The van der Waals surface area contributed by atoms with Crippen molar-refractivity contribution in [1.29, 1.82) is 0 Å². The van der Waals surface area contributed by atoms with Crippen LogP contribution in [0.2, 0.25) is 0 Å². The minimum absolute atomic E-state index is 0.0340. The molecule has 0 atom stereocenters. The molecule has 0 aliphatic carbocycles. The summed E-state index contributed by atoms with van der Waals surface area (Å²) in [6.07, 6.45) is -3.16. The van der Waals surface area contributed by atoms with Gasteiger partial charge in [0, 0.05) is 11.5 Å². The minimum atomic E-state index is -4.34. The van der Waals surface area contributed by atoms with Crippen LogP contribution in [0.15, 0.2) is 24.3 Å². The Bertz CT molecular complexity index is 530. The molecule has 0 N–H and O–H groups in total. The Morgan fingerprint density at radius 3 is 2.04 bits per heavy atom. The number of rotatable bonds is 4. The molecule has 1 aromatic rings. The van der Waals surface area contributed by atoms with Gasteiger partial charge in [-0.3, -0.25) is 0 Å². The van der Waals surface area contributed by atoms with Crippen LogP contribution in [0, 0.1) is 11.8 Å². The monoisotopic (exact) mass is 360 g/mol. The molecule has 2 aliphatic heterocycles. The minimum Gasteiger partial charge on any atom is -0.352 e. The van der Waals surface area contributed by atoms with Gasteiger partial charge in [0.05, 0.1) is 37.9 Å². The van der Waals surface area contributed by atoms with Crippen LogP contribution >= 0.6 is 0 Å². The van der Waals surface area contributed by atoms with Crippen molar-refractivity contribution in [3.05, 3.63) is 35.4 Å². The summed E-state index contributed by atoms with van der Waals surface area (Å²) in [6.45, 7) is 4.26. The molecule has 0 radical (unpaired) electrons. The second-order valence-electron chi connectivity index (χ2n) is 6.57. The lowest BCUT2D eigenvalue weighted by molar-refractivity contribution is -0.283. The fraction of sp³-hybridized carbons (Fsp3) is 0.667. The first-order valence-corrected chi connectivity index (χ1v) is 8.61. The van der Waals surface area contributed by atoms with Crippen LogP contribution in [0.25, 0.3) is 0 Å². The number of alkyl halides is 3. The zero-order valence-corrected chi connectivity index (χ0v) is 14.1. The lowest BCUT2D eigenvalue weighted by Crippen LogP contribution is -2.43. The molecule has 2 saturated heterocycles. The number of ether oxygens (including phenoxy) is 4. The average molecular weight is 360 g/mol. The van der Waals surface area contributed by atoms with Crippen LogP contribution in [0.1, 0.15) is 37.2 Å². The van der Waals surface area contributed by atoms with E-state index in [9.17, 15) is 13.2 Å². The Hall–Kier alpha value is -1.15. The number of halogens is 3. The van der Waals surface area contributed by atoms with Crippen molar-refractivity contribution in [3.63, 3.8) is 0 Å². The highest BCUT2D eigenvalue weighted by atomic mass is 19.4. The summed E-state index contributed by atoms with van der Waals surface area (Å²) in [5.74, 6) is 0.403. The molecule has 0 bridgehead atoms. The van der Waals surface area contributed by atoms with Gasteiger partial charge in [-0.25, -0.2) is 0 Å². The summed E-state index contributed by atoms with van der Waals surface area (Å²) in [5, 5.41) is 0. The maximum Gasteiger partial charge on any atom is 0.416 e. The highest BCUT2D eigenvalue weighted by Crippen LogP contribution is 2.33. The second kappa shape index (κ2) is 8.03. The molecule has 0 saturated carbocycles. The summed E-state index contributed by atoms with van der Waals surface area (Å²) in [5.41, 5.74) is -0.115. The number of benzene rings is 1. The van der Waals surface area contributed by atoms with Crippen LogP contribution in [-0.2, 0) is 25.1 Å². The molecule has 1 aromatic carbocycles. The van der Waals surface area contributed by atoms with Crippen molar-refractivity contribution >= 4 is 0 Å². The van der Waals surface area contributed by atoms with Crippen molar-refractivity contribution in [2.75, 3.05) is 26.4 Å². The van der Waals surface area contributed by atoms with E-state index in [1.165, 1.54) is 12.1 Å². The first-order chi connectivity index (χ1) is 12.0.